The predicted molar refractivity (Wildman–Crippen MR) is 122 cm³/mol. The summed E-state index contributed by atoms with van der Waals surface area (Å²) in [5, 5.41) is 2.92. The van der Waals surface area contributed by atoms with Gasteiger partial charge in [0, 0.05) is 23.0 Å². The molecule has 0 atom stereocenters. The summed E-state index contributed by atoms with van der Waals surface area (Å²) < 4.78 is 0. The Bertz CT molecular complexity index is 1350. The number of amides is 3. The molecule has 0 bridgehead atoms. The smallest absolute Gasteiger partial charge is 0.267 e. The Morgan fingerprint density at radius 2 is 1.44 bits per heavy atom. The largest absolute Gasteiger partial charge is 0.321 e. The van der Waals surface area contributed by atoms with Crippen molar-refractivity contribution in [2.45, 2.75) is 0 Å². The average Bonchev–Trinajstić information content (AvgIpc) is 3.10. The van der Waals surface area contributed by atoms with Crippen LogP contribution in [0.25, 0.3) is 11.1 Å². The van der Waals surface area contributed by atoms with E-state index in [4.69, 9.17) is 0 Å². The fourth-order valence-corrected chi connectivity index (χ4v) is 3.73. The Hall–Kier alpha value is -4.58. The quantitative estimate of drug-likeness (QED) is 0.482. The first-order valence-electron chi connectivity index (χ1n) is 10.0. The number of carbonyl (C=O) groups excluding carboxylic acids is 3. The molecule has 0 radical (unpaired) electrons. The Morgan fingerprint density at radius 1 is 0.719 bits per heavy atom. The molecule has 1 aromatic heterocycles. The molecule has 32 heavy (non-hydrogen) atoms. The molecule has 6 heteroatoms. The number of hydrogen-bond donors (Lipinski definition) is 1. The lowest BCUT2D eigenvalue weighted by atomic mass is 10.0. The second-order valence-electron chi connectivity index (χ2n) is 7.26. The topological polar surface area (TPSA) is 79.4 Å². The summed E-state index contributed by atoms with van der Waals surface area (Å²) >= 11 is 0. The Kier molecular flexibility index (Phi) is 4.80. The van der Waals surface area contributed by atoms with E-state index in [9.17, 15) is 14.4 Å². The molecular formula is C26H17N3O3. The van der Waals surface area contributed by atoms with Crippen molar-refractivity contribution in [3.63, 3.8) is 0 Å². The second kappa shape index (κ2) is 7.92. The van der Waals surface area contributed by atoms with Gasteiger partial charge in [-0.3, -0.25) is 14.4 Å². The Labute approximate surface area is 184 Å². The van der Waals surface area contributed by atoms with Crippen LogP contribution in [-0.2, 0) is 0 Å². The zero-order chi connectivity index (χ0) is 22.1. The highest BCUT2D eigenvalue weighted by atomic mass is 16.2. The number of hydrogen-bond acceptors (Lipinski definition) is 4. The third-order valence-electron chi connectivity index (χ3n) is 5.29. The fourth-order valence-electron chi connectivity index (χ4n) is 3.73. The normalized spacial score (nSPS) is 12.6. The van der Waals surface area contributed by atoms with Crippen molar-refractivity contribution in [1.82, 2.24) is 4.98 Å². The van der Waals surface area contributed by atoms with E-state index in [2.05, 4.69) is 10.3 Å². The van der Waals surface area contributed by atoms with Gasteiger partial charge in [-0.1, -0.05) is 54.6 Å². The number of aromatic nitrogens is 1. The van der Waals surface area contributed by atoms with Crippen LogP contribution < -0.4 is 10.2 Å². The van der Waals surface area contributed by atoms with E-state index in [-0.39, 0.29) is 28.4 Å². The van der Waals surface area contributed by atoms with E-state index in [1.807, 2.05) is 54.6 Å². The highest BCUT2D eigenvalue weighted by Crippen LogP contribution is 2.30. The van der Waals surface area contributed by atoms with Gasteiger partial charge in [0.05, 0.1) is 11.1 Å². The molecule has 6 nitrogen and oxygen atoms in total. The van der Waals surface area contributed by atoms with Crippen molar-refractivity contribution in [1.29, 1.82) is 0 Å². The molecule has 0 fully saturated rings. The summed E-state index contributed by atoms with van der Waals surface area (Å²) in [7, 11) is 0. The van der Waals surface area contributed by atoms with Crippen LogP contribution in [0.15, 0.2) is 97.2 Å². The van der Waals surface area contributed by atoms with E-state index in [0.717, 1.165) is 16.0 Å². The summed E-state index contributed by atoms with van der Waals surface area (Å²) in [6.07, 6.45) is 1.52. The lowest BCUT2D eigenvalue weighted by Crippen LogP contribution is -2.30. The van der Waals surface area contributed by atoms with Crippen molar-refractivity contribution < 1.29 is 14.4 Å². The van der Waals surface area contributed by atoms with Crippen LogP contribution in [0.5, 0.6) is 0 Å². The summed E-state index contributed by atoms with van der Waals surface area (Å²) in [4.78, 5) is 43.8. The molecule has 154 valence electrons. The highest BCUT2D eigenvalue weighted by Gasteiger charge is 2.37. The second-order valence-corrected chi connectivity index (χ2v) is 7.26. The van der Waals surface area contributed by atoms with Gasteiger partial charge in [-0.2, -0.15) is 0 Å². The Morgan fingerprint density at radius 3 is 2.22 bits per heavy atom. The molecule has 3 aromatic carbocycles. The minimum Gasteiger partial charge on any atom is -0.321 e. The summed E-state index contributed by atoms with van der Waals surface area (Å²) in [6, 6.07) is 26.8. The van der Waals surface area contributed by atoms with Gasteiger partial charge in [0.2, 0.25) is 0 Å². The lowest BCUT2D eigenvalue weighted by Gasteiger charge is -2.12. The number of imide groups is 1. The van der Waals surface area contributed by atoms with Crippen LogP contribution in [0.3, 0.4) is 0 Å². The number of nitrogens with one attached hydrogen (secondary N) is 1. The maximum absolute atomic E-state index is 13.0. The van der Waals surface area contributed by atoms with Crippen LogP contribution in [0, 0.1) is 0 Å². The van der Waals surface area contributed by atoms with Gasteiger partial charge in [0.25, 0.3) is 17.7 Å². The van der Waals surface area contributed by atoms with Crippen molar-refractivity contribution in [2.24, 2.45) is 0 Å². The lowest BCUT2D eigenvalue weighted by molar-refractivity contribution is 0.0924. The van der Waals surface area contributed by atoms with Crippen molar-refractivity contribution in [3.8, 4) is 11.1 Å². The maximum atomic E-state index is 13.0. The molecule has 3 amide bonds. The van der Waals surface area contributed by atoms with Gasteiger partial charge < -0.3 is 5.32 Å². The number of carbonyl (C=O) groups is 3. The molecule has 0 aliphatic carbocycles. The minimum absolute atomic E-state index is 0.185. The van der Waals surface area contributed by atoms with Crippen molar-refractivity contribution in [2.75, 3.05) is 10.2 Å². The molecule has 0 saturated carbocycles. The van der Waals surface area contributed by atoms with Crippen LogP contribution in [-0.4, -0.2) is 22.7 Å². The monoisotopic (exact) mass is 419 g/mol. The number of pyridine rings is 1. The van der Waals surface area contributed by atoms with E-state index in [1.165, 1.54) is 18.3 Å². The summed E-state index contributed by atoms with van der Waals surface area (Å²) in [5.74, 6) is -1.07. The molecule has 1 aliphatic rings. The average molecular weight is 419 g/mol. The van der Waals surface area contributed by atoms with Gasteiger partial charge in [-0.25, -0.2) is 9.88 Å². The minimum atomic E-state index is -0.497. The maximum Gasteiger partial charge on any atom is 0.267 e. The highest BCUT2D eigenvalue weighted by molar-refractivity contribution is 6.34. The molecule has 2 heterocycles. The van der Waals surface area contributed by atoms with E-state index in [0.29, 0.717) is 5.69 Å². The summed E-state index contributed by atoms with van der Waals surface area (Å²) in [6.45, 7) is 0. The van der Waals surface area contributed by atoms with Gasteiger partial charge in [0.1, 0.15) is 5.82 Å². The fraction of sp³-hybridized carbons (Fsp3) is 0. The van der Waals surface area contributed by atoms with Crippen molar-refractivity contribution >= 4 is 29.2 Å². The van der Waals surface area contributed by atoms with E-state index < -0.39 is 11.8 Å². The molecule has 4 aromatic rings. The molecule has 1 aliphatic heterocycles. The molecule has 0 unspecified atom stereocenters. The first kappa shape index (κ1) is 19.4. The number of benzene rings is 3. The van der Waals surface area contributed by atoms with Gasteiger partial charge in [-0.15, -0.1) is 0 Å². The molecule has 1 N–H and O–H groups in total. The molecule has 5 rings (SSSR count). The van der Waals surface area contributed by atoms with E-state index in [1.54, 1.807) is 24.3 Å². The standard InChI is InChI=1S/C26H17N3O3/c30-24(28-22-11-5-4-10-19(22)17-8-2-1-3-9-17)18-13-14-20-21(16-18)26(32)29(25(20)31)23-12-6-7-15-27-23/h1-16H,(H,28,30). The van der Waals surface area contributed by atoms with Gasteiger partial charge in [-0.05, 0) is 42.0 Å². The third-order valence-corrected chi connectivity index (χ3v) is 5.29. The summed E-state index contributed by atoms with van der Waals surface area (Å²) in [5.41, 5.74) is 3.24. The number of nitrogens with zero attached hydrogens (tertiary/aromatic N) is 2. The van der Waals surface area contributed by atoms with Crippen molar-refractivity contribution in [3.05, 3.63) is 114 Å². The molecule has 0 saturated heterocycles. The third kappa shape index (κ3) is 3.33. The Balaban J connectivity index is 1.45. The van der Waals surface area contributed by atoms with Crippen LogP contribution in [0.1, 0.15) is 31.1 Å². The molecular weight excluding hydrogens is 402 g/mol. The van der Waals surface area contributed by atoms with Crippen LogP contribution >= 0.6 is 0 Å². The number of para-hydroxylation sites is 1. The number of rotatable bonds is 4. The van der Waals surface area contributed by atoms with Gasteiger partial charge in [0.15, 0.2) is 0 Å². The first-order chi connectivity index (χ1) is 15.6. The SMILES string of the molecule is O=C(Nc1ccccc1-c1ccccc1)c1ccc2c(c1)C(=O)N(c1ccccn1)C2=O. The zero-order valence-electron chi connectivity index (χ0n) is 16.9. The first-order valence-corrected chi connectivity index (χ1v) is 10.0. The van der Waals surface area contributed by atoms with Crippen LogP contribution in [0.2, 0.25) is 0 Å². The van der Waals surface area contributed by atoms with E-state index >= 15 is 0 Å². The molecule has 0 spiro atoms. The number of anilines is 2. The predicted octanol–water partition coefficient (Wildman–Crippen LogP) is 4.80. The van der Waals surface area contributed by atoms with Crippen LogP contribution in [0.4, 0.5) is 11.5 Å². The number of fused-ring (bicyclic) bond motifs is 1. The van der Waals surface area contributed by atoms with Gasteiger partial charge >= 0.3 is 0 Å². The zero-order valence-corrected chi connectivity index (χ0v) is 16.9.